The number of benzene rings is 3. The van der Waals surface area contributed by atoms with Crippen LogP contribution in [0.2, 0.25) is 0 Å². The van der Waals surface area contributed by atoms with Crippen molar-refractivity contribution in [1.82, 2.24) is 25.0 Å². The first kappa shape index (κ1) is 30.9. The zero-order valence-corrected chi connectivity index (χ0v) is 27.1. The summed E-state index contributed by atoms with van der Waals surface area (Å²) in [7, 11) is 3.53. The molecule has 47 heavy (non-hydrogen) atoms. The van der Waals surface area contributed by atoms with Gasteiger partial charge in [-0.1, -0.05) is 36.4 Å². The van der Waals surface area contributed by atoms with Gasteiger partial charge in [-0.2, -0.15) is 0 Å². The van der Waals surface area contributed by atoms with E-state index in [0.29, 0.717) is 35.0 Å². The second kappa shape index (κ2) is 12.8. The van der Waals surface area contributed by atoms with E-state index in [1.54, 1.807) is 19.0 Å². The number of amides is 3. The Hall–Kier alpha value is -4.73. The Balaban J connectivity index is 0.953. The summed E-state index contributed by atoms with van der Waals surface area (Å²) in [5.74, 6) is 0.322. The fraction of sp³-hybridized carbons (Fsp3) is 0.342. The first-order valence-electron chi connectivity index (χ1n) is 16.6. The molecule has 9 nitrogen and oxygen atoms in total. The Morgan fingerprint density at radius 3 is 2.11 bits per heavy atom. The molecule has 1 saturated carbocycles. The SMILES string of the molecule is CN(C)C(=O)c1ccc(CN2CCn3c(C(=O)NCc4ccc(NC(=O)c5ccc(C6CNC6)cc5)cc4)ccc3C23CCC3)cc1. The smallest absolute Gasteiger partial charge is 0.268 e. The summed E-state index contributed by atoms with van der Waals surface area (Å²) in [6.07, 6.45) is 3.31. The standard InChI is InChI=1S/C38H42N6O3/c1-42(2)37(47)30-8-4-27(5-9-30)25-43-20-21-44-33(16-17-34(44)38(43)18-3-19-38)36(46)40-22-26-6-14-32(15-7-26)41-35(45)29-12-10-28(11-13-29)31-23-39-24-31/h4-17,31,39H,3,18-25H2,1-2H3,(H,40,46)(H,41,45). The number of hydrogen-bond donors (Lipinski definition) is 3. The molecule has 1 aromatic heterocycles. The Bertz CT molecular complexity index is 1770. The van der Waals surface area contributed by atoms with Crippen LogP contribution in [0.1, 0.15) is 78.8 Å². The predicted octanol–water partition coefficient (Wildman–Crippen LogP) is 4.95. The van der Waals surface area contributed by atoms with Crippen LogP contribution in [0.3, 0.4) is 0 Å². The van der Waals surface area contributed by atoms with Crippen molar-refractivity contribution in [2.75, 3.05) is 39.0 Å². The van der Waals surface area contributed by atoms with E-state index < -0.39 is 0 Å². The highest BCUT2D eigenvalue weighted by Gasteiger charge is 2.48. The normalized spacial score (nSPS) is 16.9. The fourth-order valence-electron chi connectivity index (χ4n) is 7.07. The zero-order chi connectivity index (χ0) is 32.5. The highest BCUT2D eigenvalue weighted by Crippen LogP contribution is 2.49. The largest absolute Gasteiger partial charge is 0.347 e. The highest BCUT2D eigenvalue weighted by molar-refractivity contribution is 6.04. The van der Waals surface area contributed by atoms with E-state index in [1.165, 1.54) is 23.2 Å². The molecular formula is C38H42N6O3. The lowest BCUT2D eigenvalue weighted by atomic mass is 9.71. The Labute approximate surface area is 275 Å². The van der Waals surface area contributed by atoms with Gasteiger partial charge in [0, 0.05) is 81.8 Å². The summed E-state index contributed by atoms with van der Waals surface area (Å²) in [6.45, 7) is 4.80. The second-order valence-electron chi connectivity index (χ2n) is 13.3. The Morgan fingerprint density at radius 2 is 1.49 bits per heavy atom. The number of hydrogen-bond acceptors (Lipinski definition) is 5. The monoisotopic (exact) mass is 630 g/mol. The number of fused-ring (bicyclic) bond motifs is 2. The molecule has 1 aliphatic carbocycles. The summed E-state index contributed by atoms with van der Waals surface area (Å²) < 4.78 is 2.21. The molecule has 0 unspecified atom stereocenters. The van der Waals surface area contributed by atoms with Crippen LogP contribution in [0.5, 0.6) is 0 Å². The number of anilines is 1. The Kier molecular flexibility index (Phi) is 8.42. The molecule has 3 heterocycles. The van der Waals surface area contributed by atoms with Crippen molar-refractivity contribution in [3.63, 3.8) is 0 Å². The van der Waals surface area contributed by atoms with Crippen molar-refractivity contribution in [3.8, 4) is 0 Å². The molecule has 0 bridgehead atoms. The molecule has 7 rings (SSSR count). The molecule has 3 N–H and O–H groups in total. The van der Waals surface area contributed by atoms with Gasteiger partial charge in [0.1, 0.15) is 5.69 Å². The quantitative estimate of drug-likeness (QED) is 0.243. The van der Waals surface area contributed by atoms with Crippen LogP contribution in [-0.4, -0.2) is 65.8 Å². The van der Waals surface area contributed by atoms with Gasteiger partial charge < -0.3 is 25.4 Å². The molecule has 1 spiro atoms. The lowest BCUT2D eigenvalue weighted by Crippen LogP contribution is -2.56. The molecule has 3 amide bonds. The van der Waals surface area contributed by atoms with Gasteiger partial charge in [0.05, 0.1) is 5.54 Å². The maximum absolute atomic E-state index is 13.4. The summed E-state index contributed by atoms with van der Waals surface area (Å²) in [6, 6.07) is 27.5. The van der Waals surface area contributed by atoms with E-state index in [0.717, 1.165) is 51.1 Å². The van der Waals surface area contributed by atoms with Crippen molar-refractivity contribution in [3.05, 3.63) is 124 Å². The number of rotatable bonds is 9. The predicted molar refractivity (Wildman–Crippen MR) is 182 cm³/mol. The summed E-state index contributed by atoms with van der Waals surface area (Å²) in [5, 5.41) is 9.35. The van der Waals surface area contributed by atoms with Crippen LogP contribution in [0.25, 0.3) is 0 Å². The van der Waals surface area contributed by atoms with Gasteiger partial charge in [0.2, 0.25) is 0 Å². The summed E-state index contributed by atoms with van der Waals surface area (Å²) >= 11 is 0. The van der Waals surface area contributed by atoms with Crippen molar-refractivity contribution in [2.45, 2.75) is 50.4 Å². The van der Waals surface area contributed by atoms with E-state index in [4.69, 9.17) is 0 Å². The first-order valence-corrected chi connectivity index (χ1v) is 16.6. The number of nitrogens with one attached hydrogen (secondary N) is 3. The minimum absolute atomic E-state index is 0.00784. The molecule has 242 valence electrons. The maximum atomic E-state index is 13.4. The van der Waals surface area contributed by atoms with Crippen LogP contribution in [0, 0.1) is 0 Å². The Morgan fingerprint density at radius 1 is 0.809 bits per heavy atom. The van der Waals surface area contributed by atoms with Crippen molar-refractivity contribution < 1.29 is 14.4 Å². The number of nitrogens with zero attached hydrogens (tertiary/aromatic N) is 3. The minimum Gasteiger partial charge on any atom is -0.347 e. The molecule has 2 fully saturated rings. The van der Waals surface area contributed by atoms with Crippen LogP contribution >= 0.6 is 0 Å². The molecule has 2 aliphatic heterocycles. The van der Waals surface area contributed by atoms with Crippen LogP contribution in [0.15, 0.2) is 84.9 Å². The summed E-state index contributed by atoms with van der Waals surface area (Å²) in [5.41, 5.74) is 7.29. The van der Waals surface area contributed by atoms with Crippen LogP contribution in [0.4, 0.5) is 5.69 Å². The molecule has 0 atom stereocenters. The number of carbonyl (C=O) groups is 3. The third kappa shape index (κ3) is 6.08. The maximum Gasteiger partial charge on any atom is 0.268 e. The van der Waals surface area contributed by atoms with E-state index in [-0.39, 0.29) is 23.3 Å². The average molecular weight is 631 g/mol. The van der Waals surface area contributed by atoms with Gasteiger partial charge in [-0.25, -0.2) is 0 Å². The van der Waals surface area contributed by atoms with Gasteiger partial charge in [-0.15, -0.1) is 0 Å². The van der Waals surface area contributed by atoms with Gasteiger partial charge >= 0.3 is 0 Å². The molecule has 1 saturated heterocycles. The highest BCUT2D eigenvalue weighted by atomic mass is 16.2. The van der Waals surface area contributed by atoms with Crippen molar-refractivity contribution >= 4 is 23.4 Å². The van der Waals surface area contributed by atoms with Gasteiger partial charge in [-0.3, -0.25) is 19.3 Å². The molecular weight excluding hydrogens is 588 g/mol. The third-order valence-corrected chi connectivity index (χ3v) is 10.1. The summed E-state index contributed by atoms with van der Waals surface area (Å²) in [4.78, 5) is 42.6. The molecule has 0 radical (unpaired) electrons. The fourth-order valence-corrected chi connectivity index (χ4v) is 7.07. The lowest BCUT2D eigenvalue weighted by Gasteiger charge is -2.53. The van der Waals surface area contributed by atoms with Crippen molar-refractivity contribution in [1.29, 1.82) is 0 Å². The van der Waals surface area contributed by atoms with E-state index >= 15 is 0 Å². The molecule has 3 aliphatic rings. The zero-order valence-electron chi connectivity index (χ0n) is 27.1. The van der Waals surface area contributed by atoms with Crippen molar-refractivity contribution in [2.24, 2.45) is 0 Å². The number of aromatic nitrogens is 1. The lowest BCUT2D eigenvalue weighted by molar-refractivity contribution is -0.0217. The van der Waals surface area contributed by atoms with Gasteiger partial charge in [-0.05, 0) is 84.5 Å². The van der Waals surface area contributed by atoms with Gasteiger partial charge in [0.15, 0.2) is 0 Å². The van der Waals surface area contributed by atoms with E-state index in [9.17, 15) is 14.4 Å². The molecule has 4 aromatic rings. The molecule has 9 heteroatoms. The third-order valence-electron chi connectivity index (χ3n) is 10.1. The van der Waals surface area contributed by atoms with E-state index in [1.807, 2.05) is 66.7 Å². The van der Waals surface area contributed by atoms with Crippen LogP contribution < -0.4 is 16.0 Å². The molecule has 3 aromatic carbocycles. The first-order chi connectivity index (χ1) is 22.8. The van der Waals surface area contributed by atoms with E-state index in [2.05, 4.69) is 43.6 Å². The topological polar surface area (TPSA) is 98.7 Å². The minimum atomic E-state index is -0.139. The average Bonchev–Trinajstić information content (AvgIpc) is 3.47. The van der Waals surface area contributed by atoms with Crippen LogP contribution in [-0.2, 0) is 25.2 Å². The number of carbonyl (C=O) groups excluding carboxylic acids is 3. The van der Waals surface area contributed by atoms with Gasteiger partial charge in [0.25, 0.3) is 17.7 Å². The second-order valence-corrected chi connectivity index (χ2v) is 13.3.